The molecule has 1 aromatic heterocycles. The zero-order valence-electron chi connectivity index (χ0n) is 10.6. The summed E-state index contributed by atoms with van der Waals surface area (Å²) < 4.78 is 41.2. The molecule has 0 radical (unpaired) electrons. The van der Waals surface area contributed by atoms with Crippen LogP contribution in [0.2, 0.25) is 0 Å². The molecule has 0 aliphatic rings. The van der Waals surface area contributed by atoms with E-state index in [1.165, 1.54) is 10.9 Å². The van der Waals surface area contributed by atoms with Gasteiger partial charge in [0.25, 0.3) is 0 Å². The zero-order valence-corrected chi connectivity index (χ0v) is 10.6. The van der Waals surface area contributed by atoms with Crippen molar-refractivity contribution < 1.29 is 13.2 Å². The first-order chi connectivity index (χ1) is 8.95. The van der Waals surface area contributed by atoms with E-state index in [1.54, 1.807) is 0 Å². The summed E-state index contributed by atoms with van der Waals surface area (Å²) in [5.41, 5.74) is 6.90. The lowest BCUT2D eigenvalue weighted by Crippen LogP contribution is -2.10. The SMILES string of the molecule is CC(C)c1c(CN)cnn1-c1cc(F)c(F)cc1F. The number of nitrogens with zero attached hydrogens (tertiary/aromatic N) is 2. The smallest absolute Gasteiger partial charge is 0.161 e. The third kappa shape index (κ3) is 2.35. The van der Waals surface area contributed by atoms with E-state index in [-0.39, 0.29) is 18.2 Å². The topological polar surface area (TPSA) is 43.8 Å². The Kier molecular flexibility index (Phi) is 3.61. The van der Waals surface area contributed by atoms with Crippen LogP contribution < -0.4 is 5.73 Å². The van der Waals surface area contributed by atoms with Crippen molar-refractivity contribution in [3.05, 3.63) is 47.0 Å². The minimum absolute atomic E-state index is 0.0218. The van der Waals surface area contributed by atoms with Crippen LogP contribution in [0.25, 0.3) is 5.69 Å². The lowest BCUT2D eigenvalue weighted by molar-refractivity contribution is 0.490. The summed E-state index contributed by atoms with van der Waals surface area (Å²) in [6, 6.07) is 1.31. The van der Waals surface area contributed by atoms with Crippen molar-refractivity contribution in [3.8, 4) is 5.69 Å². The minimum atomic E-state index is -1.22. The van der Waals surface area contributed by atoms with Crippen LogP contribution in [-0.4, -0.2) is 9.78 Å². The van der Waals surface area contributed by atoms with Crippen molar-refractivity contribution >= 4 is 0 Å². The van der Waals surface area contributed by atoms with Gasteiger partial charge in [-0.15, -0.1) is 0 Å². The summed E-state index contributed by atoms with van der Waals surface area (Å²) in [7, 11) is 0. The predicted octanol–water partition coefficient (Wildman–Crippen LogP) is 2.87. The average molecular weight is 269 g/mol. The highest BCUT2D eigenvalue weighted by Gasteiger charge is 2.19. The van der Waals surface area contributed by atoms with Crippen LogP contribution in [0.5, 0.6) is 0 Å². The van der Waals surface area contributed by atoms with Gasteiger partial charge in [-0.2, -0.15) is 5.10 Å². The molecule has 0 aliphatic carbocycles. The molecule has 0 atom stereocenters. The second-order valence-corrected chi connectivity index (χ2v) is 4.54. The van der Waals surface area contributed by atoms with Crippen molar-refractivity contribution in [2.75, 3.05) is 0 Å². The Balaban J connectivity index is 2.65. The molecule has 0 spiro atoms. The fourth-order valence-electron chi connectivity index (χ4n) is 2.03. The minimum Gasteiger partial charge on any atom is -0.326 e. The van der Waals surface area contributed by atoms with E-state index in [0.29, 0.717) is 11.8 Å². The molecule has 2 N–H and O–H groups in total. The van der Waals surface area contributed by atoms with E-state index in [9.17, 15) is 13.2 Å². The van der Waals surface area contributed by atoms with Gasteiger partial charge in [0, 0.05) is 24.2 Å². The first kappa shape index (κ1) is 13.6. The first-order valence-electron chi connectivity index (χ1n) is 5.87. The monoisotopic (exact) mass is 269 g/mol. The summed E-state index contributed by atoms with van der Waals surface area (Å²) in [4.78, 5) is 0. The molecule has 1 heterocycles. The van der Waals surface area contributed by atoms with Gasteiger partial charge >= 0.3 is 0 Å². The molecule has 19 heavy (non-hydrogen) atoms. The Morgan fingerprint density at radius 3 is 2.37 bits per heavy atom. The second kappa shape index (κ2) is 5.05. The Morgan fingerprint density at radius 1 is 1.16 bits per heavy atom. The molecular formula is C13H14F3N3. The first-order valence-corrected chi connectivity index (χ1v) is 5.87. The molecule has 0 saturated heterocycles. The van der Waals surface area contributed by atoms with E-state index in [1.807, 2.05) is 13.8 Å². The Morgan fingerprint density at radius 2 is 1.79 bits per heavy atom. The van der Waals surface area contributed by atoms with E-state index in [4.69, 9.17) is 5.73 Å². The molecule has 0 aliphatic heterocycles. The maximum absolute atomic E-state index is 13.8. The fourth-order valence-corrected chi connectivity index (χ4v) is 2.03. The van der Waals surface area contributed by atoms with Crippen LogP contribution in [0.4, 0.5) is 13.2 Å². The molecule has 2 rings (SSSR count). The molecule has 6 heteroatoms. The van der Waals surface area contributed by atoms with Gasteiger partial charge in [-0.1, -0.05) is 13.8 Å². The molecule has 0 bridgehead atoms. The summed E-state index contributed by atoms with van der Waals surface area (Å²) in [6.07, 6.45) is 1.51. The summed E-state index contributed by atoms with van der Waals surface area (Å²) in [6.45, 7) is 4.04. The van der Waals surface area contributed by atoms with Crippen LogP contribution in [0.15, 0.2) is 18.3 Å². The van der Waals surface area contributed by atoms with Crippen molar-refractivity contribution in [2.24, 2.45) is 5.73 Å². The number of aromatic nitrogens is 2. The molecule has 1 aromatic carbocycles. The molecule has 0 amide bonds. The number of benzene rings is 1. The van der Waals surface area contributed by atoms with Crippen LogP contribution in [0, 0.1) is 17.5 Å². The summed E-state index contributed by atoms with van der Waals surface area (Å²) in [5.74, 6) is -3.18. The molecule has 102 valence electrons. The standard InChI is InChI=1S/C13H14F3N3/c1-7(2)13-8(5-17)6-18-19(13)12-4-10(15)9(14)3-11(12)16/h3-4,6-7H,5,17H2,1-2H3. The molecule has 2 aromatic rings. The van der Waals surface area contributed by atoms with E-state index < -0.39 is 17.5 Å². The van der Waals surface area contributed by atoms with Crippen LogP contribution in [-0.2, 0) is 6.54 Å². The highest BCUT2D eigenvalue weighted by Crippen LogP contribution is 2.25. The van der Waals surface area contributed by atoms with Crippen molar-refractivity contribution in [2.45, 2.75) is 26.3 Å². The summed E-state index contributed by atoms with van der Waals surface area (Å²) in [5, 5.41) is 4.02. The maximum atomic E-state index is 13.8. The summed E-state index contributed by atoms with van der Waals surface area (Å²) >= 11 is 0. The Bertz CT molecular complexity index is 605. The zero-order chi connectivity index (χ0) is 14.2. The van der Waals surface area contributed by atoms with Crippen molar-refractivity contribution in [1.29, 1.82) is 0 Å². The van der Waals surface area contributed by atoms with E-state index in [2.05, 4.69) is 5.10 Å². The van der Waals surface area contributed by atoms with Gasteiger partial charge in [0.1, 0.15) is 5.69 Å². The second-order valence-electron chi connectivity index (χ2n) is 4.54. The van der Waals surface area contributed by atoms with Gasteiger partial charge in [-0.3, -0.25) is 0 Å². The maximum Gasteiger partial charge on any atom is 0.161 e. The van der Waals surface area contributed by atoms with Crippen molar-refractivity contribution in [3.63, 3.8) is 0 Å². The number of hydrogen-bond acceptors (Lipinski definition) is 2. The number of nitrogens with two attached hydrogens (primary N) is 1. The molecular weight excluding hydrogens is 255 g/mol. The third-order valence-electron chi connectivity index (χ3n) is 2.87. The number of halogens is 3. The quantitative estimate of drug-likeness (QED) is 0.871. The molecule has 3 nitrogen and oxygen atoms in total. The van der Waals surface area contributed by atoms with Crippen LogP contribution in [0.1, 0.15) is 31.0 Å². The molecule has 0 unspecified atom stereocenters. The van der Waals surface area contributed by atoms with Gasteiger partial charge in [-0.25, -0.2) is 17.9 Å². The Labute approximate surface area is 108 Å². The highest BCUT2D eigenvalue weighted by molar-refractivity contribution is 5.38. The van der Waals surface area contributed by atoms with Crippen molar-refractivity contribution in [1.82, 2.24) is 9.78 Å². The van der Waals surface area contributed by atoms with E-state index in [0.717, 1.165) is 11.6 Å². The average Bonchev–Trinajstić information content (AvgIpc) is 2.77. The molecule has 0 saturated carbocycles. The third-order valence-corrected chi connectivity index (χ3v) is 2.87. The largest absolute Gasteiger partial charge is 0.326 e. The van der Waals surface area contributed by atoms with Crippen LogP contribution in [0.3, 0.4) is 0 Å². The molecule has 0 fully saturated rings. The highest BCUT2D eigenvalue weighted by atomic mass is 19.2. The number of rotatable bonds is 3. The van der Waals surface area contributed by atoms with E-state index >= 15 is 0 Å². The van der Waals surface area contributed by atoms with Gasteiger partial charge in [0.15, 0.2) is 17.5 Å². The van der Waals surface area contributed by atoms with Gasteiger partial charge < -0.3 is 5.73 Å². The normalized spacial score (nSPS) is 11.3. The van der Waals surface area contributed by atoms with Crippen LogP contribution >= 0.6 is 0 Å². The van der Waals surface area contributed by atoms with Gasteiger partial charge in [0.2, 0.25) is 0 Å². The number of hydrogen-bond donors (Lipinski definition) is 1. The predicted molar refractivity (Wildman–Crippen MR) is 65.4 cm³/mol. The van der Waals surface area contributed by atoms with Gasteiger partial charge in [-0.05, 0) is 5.92 Å². The lowest BCUT2D eigenvalue weighted by Gasteiger charge is -2.13. The Hall–Kier alpha value is -1.82. The lowest BCUT2D eigenvalue weighted by atomic mass is 10.1. The fraction of sp³-hybridized carbons (Fsp3) is 0.308. The van der Waals surface area contributed by atoms with Gasteiger partial charge in [0.05, 0.1) is 11.9 Å².